The first-order chi connectivity index (χ1) is 6.97. The Hall–Kier alpha value is -1.71. The molecule has 0 amide bonds. The fourth-order valence-electron chi connectivity index (χ4n) is 1.40. The molecule has 0 aliphatic rings. The van der Waals surface area contributed by atoms with Gasteiger partial charge in [-0.1, -0.05) is 0 Å². The van der Waals surface area contributed by atoms with E-state index in [0.717, 1.165) is 0 Å². The second-order valence-electron chi connectivity index (χ2n) is 3.30. The number of nitrogens with zero attached hydrogens (tertiary/aromatic N) is 1. The van der Waals surface area contributed by atoms with Gasteiger partial charge in [0.05, 0.1) is 18.4 Å². The summed E-state index contributed by atoms with van der Waals surface area (Å²) in [5, 5.41) is 0. The number of carbonyl (C=O) groups is 2. The molecule has 15 heavy (non-hydrogen) atoms. The van der Waals surface area contributed by atoms with Crippen LogP contribution in [0.15, 0.2) is 6.07 Å². The van der Waals surface area contributed by atoms with E-state index in [2.05, 4.69) is 9.72 Å². The minimum Gasteiger partial charge on any atom is -0.465 e. The zero-order valence-corrected chi connectivity index (χ0v) is 9.25. The molecule has 1 heterocycles. The smallest absolute Gasteiger partial charge is 0.339 e. The van der Waals surface area contributed by atoms with E-state index >= 15 is 0 Å². The molecule has 0 N–H and O–H groups in total. The molecule has 1 aromatic rings. The Kier molecular flexibility index (Phi) is 3.19. The molecule has 1 rings (SSSR count). The highest BCUT2D eigenvalue weighted by atomic mass is 16.5. The third-order valence-electron chi connectivity index (χ3n) is 2.19. The fourth-order valence-corrected chi connectivity index (χ4v) is 1.40. The summed E-state index contributed by atoms with van der Waals surface area (Å²) in [6.45, 7) is 4.90. The molecule has 0 saturated carbocycles. The van der Waals surface area contributed by atoms with Crippen molar-refractivity contribution in [2.24, 2.45) is 0 Å². The van der Waals surface area contributed by atoms with Crippen molar-refractivity contribution in [3.63, 3.8) is 0 Å². The van der Waals surface area contributed by atoms with Crippen molar-refractivity contribution < 1.29 is 14.3 Å². The number of rotatable bonds is 2. The summed E-state index contributed by atoms with van der Waals surface area (Å²) in [6, 6.07) is 1.53. The monoisotopic (exact) mass is 207 g/mol. The summed E-state index contributed by atoms with van der Waals surface area (Å²) in [5.41, 5.74) is 2.01. The Morgan fingerprint density at radius 3 is 2.20 bits per heavy atom. The molecule has 0 atom stereocenters. The summed E-state index contributed by atoms with van der Waals surface area (Å²) >= 11 is 0. The average molecular weight is 207 g/mol. The predicted octanol–water partition coefficient (Wildman–Crippen LogP) is 1.69. The first kappa shape index (κ1) is 11.4. The number of carbonyl (C=O) groups excluding carboxylic acids is 2. The standard InChI is InChI=1S/C11H13NO3/c1-6-9(8(3)13)5-10(7(2)12-6)11(14)15-4/h5H,1-4H3. The highest BCUT2D eigenvalue weighted by Crippen LogP contribution is 2.14. The van der Waals surface area contributed by atoms with Gasteiger partial charge in [0, 0.05) is 11.3 Å². The Labute approximate surface area is 88.3 Å². The quantitative estimate of drug-likeness (QED) is 0.547. The van der Waals surface area contributed by atoms with Crippen LogP contribution in [0.1, 0.15) is 39.0 Å². The van der Waals surface area contributed by atoms with E-state index < -0.39 is 5.97 Å². The van der Waals surface area contributed by atoms with Crippen molar-refractivity contribution in [3.05, 3.63) is 28.6 Å². The van der Waals surface area contributed by atoms with Crippen LogP contribution >= 0.6 is 0 Å². The summed E-state index contributed by atoms with van der Waals surface area (Å²) in [6.07, 6.45) is 0. The van der Waals surface area contributed by atoms with Crippen molar-refractivity contribution in [1.29, 1.82) is 0 Å². The van der Waals surface area contributed by atoms with Crippen molar-refractivity contribution in [1.82, 2.24) is 4.98 Å². The molecule has 0 aliphatic heterocycles. The molecule has 1 aromatic heterocycles. The third kappa shape index (κ3) is 2.21. The molecule has 0 fully saturated rings. The van der Waals surface area contributed by atoms with Gasteiger partial charge in [-0.05, 0) is 26.8 Å². The van der Waals surface area contributed by atoms with E-state index in [1.54, 1.807) is 13.8 Å². The van der Waals surface area contributed by atoms with Crippen LogP contribution in [0.2, 0.25) is 0 Å². The molecule has 4 heteroatoms. The second kappa shape index (κ2) is 4.21. The minimum atomic E-state index is -0.470. The molecule has 0 aliphatic carbocycles. The van der Waals surface area contributed by atoms with Gasteiger partial charge in [0.15, 0.2) is 5.78 Å². The number of methoxy groups -OCH3 is 1. The van der Waals surface area contributed by atoms with Gasteiger partial charge in [-0.2, -0.15) is 0 Å². The molecule has 4 nitrogen and oxygen atoms in total. The second-order valence-corrected chi connectivity index (χ2v) is 3.30. The number of aryl methyl sites for hydroxylation is 2. The number of Topliss-reactive ketones (excluding diaryl/α,β-unsaturated/α-hetero) is 1. The summed E-state index contributed by atoms with van der Waals surface area (Å²) in [5.74, 6) is -0.576. The Bertz CT molecular complexity index is 424. The van der Waals surface area contributed by atoms with Gasteiger partial charge in [-0.15, -0.1) is 0 Å². The molecule has 0 radical (unpaired) electrons. The van der Waals surface area contributed by atoms with E-state index in [4.69, 9.17) is 0 Å². The lowest BCUT2D eigenvalue weighted by molar-refractivity contribution is 0.0599. The van der Waals surface area contributed by atoms with Crippen molar-refractivity contribution in [2.75, 3.05) is 7.11 Å². The lowest BCUT2D eigenvalue weighted by Gasteiger charge is -2.07. The van der Waals surface area contributed by atoms with E-state index in [-0.39, 0.29) is 5.78 Å². The van der Waals surface area contributed by atoms with Gasteiger partial charge < -0.3 is 4.74 Å². The van der Waals surface area contributed by atoms with Crippen LogP contribution in [0.5, 0.6) is 0 Å². The Morgan fingerprint density at radius 1 is 1.20 bits per heavy atom. The van der Waals surface area contributed by atoms with Crippen molar-refractivity contribution >= 4 is 11.8 Å². The molecule has 0 aromatic carbocycles. The molecule has 0 bridgehead atoms. The van der Waals surface area contributed by atoms with Gasteiger partial charge in [-0.25, -0.2) is 4.79 Å². The number of esters is 1. The number of ether oxygens (including phenoxy) is 1. The number of hydrogen-bond donors (Lipinski definition) is 0. The van der Waals surface area contributed by atoms with Gasteiger partial charge >= 0.3 is 5.97 Å². The number of ketones is 1. The Morgan fingerprint density at radius 2 is 1.73 bits per heavy atom. The molecular formula is C11H13NO3. The van der Waals surface area contributed by atoms with E-state index in [1.165, 1.54) is 20.1 Å². The van der Waals surface area contributed by atoms with Gasteiger partial charge in [-0.3, -0.25) is 9.78 Å². The SMILES string of the molecule is COC(=O)c1cc(C(C)=O)c(C)nc1C. The summed E-state index contributed by atoms with van der Waals surface area (Å²) in [7, 11) is 1.30. The van der Waals surface area contributed by atoms with Crippen LogP contribution in [-0.2, 0) is 4.74 Å². The van der Waals surface area contributed by atoms with E-state index in [9.17, 15) is 9.59 Å². The van der Waals surface area contributed by atoms with Crippen molar-refractivity contribution in [3.8, 4) is 0 Å². The van der Waals surface area contributed by atoms with Crippen LogP contribution in [0.4, 0.5) is 0 Å². The maximum atomic E-state index is 11.3. The predicted molar refractivity (Wildman–Crippen MR) is 55.1 cm³/mol. The summed E-state index contributed by atoms with van der Waals surface area (Å²) in [4.78, 5) is 26.7. The minimum absolute atomic E-state index is 0.106. The molecular weight excluding hydrogens is 194 g/mol. The van der Waals surface area contributed by atoms with Gasteiger partial charge in [0.25, 0.3) is 0 Å². The topological polar surface area (TPSA) is 56.3 Å². The maximum absolute atomic E-state index is 11.3. The lowest BCUT2D eigenvalue weighted by atomic mass is 10.1. The van der Waals surface area contributed by atoms with Crippen LogP contribution in [0, 0.1) is 13.8 Å². The highest BCUT2D eigenvalue weighted by Gasteiger charge is 2.15. The highest BCUT2D eigenvalue weighted by molar-refractivity contribution is 5.98. The Balaban J connectivity index is 3.36. The lowest BCUT2D eigenvalue weighted by Crippen LogP contribution is -2.10. The zero-order valence-electron chi connectivity index (χ0n) is 9.25. The molecule has 0 saturated heterocycles. The van der Waals surface area contributed by atoms with Gasteiger partial charge in [0.2, 0.25) is 0 Å². The molecule has 0 unspecified atom stereocenters. The number of aromatic nitrogens is 1. The fraction of sp³-hybridized carbons (Fsp3) is 0.364. The van der Waals surface area contributed by atoms with Crippen LogP contribution in [0.25, 0.3) is 0 Å². The van der Waals surface area contributed by atoms with E-state index in [0.29, 0.717) is 22.5 Å². The summed E-state index contributed by atoms with van der Waals surface area (Å²) < 4.78 is 4.60. The number of hydrogen-bond acceptors (Lipinski definition) is 4. The largest absolute Gasteiger partial charge is 0.465 e. The van der Waals surface area contributed by atoms with Crippen LogP contribution < -0.4 is 0 Å². The molecule has 80 valence electrons. The van der Waals surface area contributed by atoms with Crippen LogP contribution in [0.3, 0.4) is 0 Å². The van der Waals surface area contributed by atoms with Crippen LogP contribution in [-0.4, -0.2) is 23.8 Å². The average Bonchev–Trinajstić information content (AvgIpc) is 2.16. The van der Waals surface area contributed by atoms with Gasteiger partial charge in [0.1, 0.15) is 0 Å². The number of pyridine rings is 1. The maximum Gasteiger partial charge on any atom is 0.339 e. The van der Waals surface area contributed by atoms with Crippen molar-refractivity contribution in [2.45, 2.75) is 20.8 Å². The van der Waals surface area contributed by atoms with E-state index in [1.807, 2.05) is 0 Å². The first-order valence-corrected chi connectivity index (χ1v) is 4.55. The first-order valence-electron chi connectivity index (χ1n) is 4.55. The third-order valence-corrected chi connectivity index (χ3v) is 2.19. The zero-order chi connectivity index (χ0) is 11.6. The normalized spacial score (nSPS) is 9.87. The molecule has 0 spiro atoms.